The van der Waals surface area contributed by atoms with Crippen LogP contribution in [0.5, 0.6) is 0 Å². The fraction of sp³-hybridized carbons (Fsp3) is 0.316. The number of anilines is 1. The largest absolute Gasteiger partial charge is 0.335 e. The number of rotatable bonds is 4. The van der Waals surface area contributed by atoms with Crippen molar-refractivity contribution >= 4 is 33.2 Å². The van der Waals surface area contributed by atoms with Crippen LogP contribution in [0.2, 0.25) is 5.02 Å². The first-order valence-corrected chi connectivity index (χ1v) is 10.4. The summed E-state index contributed by atoms with van der Waals surface area (Å²) in [5.74, 6) is 0.0537. The summed E-state index contributed by atoms with van der Waals surface area (Å²) in [6, 6.07) is 14.0. The average Bonchev–Trinajstić information content (AvgIpc) is 3.00. The number of carbonyl (C=O) groups is 1. The number of halogens is 1. The second kappa shape index (κ2) is 7.29. The first-order chi connectivity index (χ1) is 12.3. The van der Waals surface area contributed by atoms with Gasteiger partial charge in [0.1, 0.15) is 0 Å². The molecular formula is C19H21ClN2O3S. The van der Waals surface area contributed by atoms with Crippen LogP contribution in [-0.2, 0) is 10.0 Å². The molecule has 1 saturated heterocycles. The topological polar surface area (TPSA) is 57.7 Å². The molecule has 0 spiro atoms. The second-order valence-electron chi connectivity index (χ2n) is 6.43. The molecule has 2 aromatic carbocycles. The first kappa shape index (κ1) is 18.7. The zero-order valence-corrected chi connectivity index (χ0v) is 16.3. The highest BCUT2D eigenvalue weighted by Crippen LogP contribution is 2.26. The quantitative estimate of drug-likeness (QED) is 0.796. The fourth-order valence-corrected chi connectivity index (χ4v) is 4.73. The van der Waals surface area contributed by atoms with Gasteiger partial charge in [0.2, 0.25) is 10.0 Å². The number of benzene rings is 2. The number of sulfonamides is 1. The van der Waals surface area contributed by atoms with Gasteiger partial charge in [-0.15, -0.1) is 0 Å². The summed E-state index contributed by atoms with van der Waals surface area (Å²) >= 11 is 5.92. The Labute approximate surface area is 159 Å². The van der Waals surface area contributed by atoms with E-state index in [2.05, 4.69) is 0 Å². The third kappa shape index (κ3) is 3.71. The van der Waals surface area contributed by atoms with E-state index >= 15 is 0 Å². The van der Waals surface area contributed by atoms with Crippen molar-refractivity contribution in [3.63, 3.8) is 0 Å². The standard InChI is InChI=1S/C19H21ClN2O3S/c1-14(15-4-8-17(20)9-5-15)21(2)19(23)16-6-10-18(11-7-16)22-12-3-13-26(22,24)25/h4-11,14H,3,12-13H2,1-2H3. The minimum atomic E-state index is -3.22. The summed E-state index contributed by atoms with van der Waals surface area (Å²) in [6.07, 6.45) is 0.629. The average molecular weight is 393 g/mol. The minimum absolute atomic E-state index is 0.113. The third-order valence-corrected chi connectivity index (χ3v) is 6.88. The van der Waals surface area contributed by atoms with E-state index in [0.717, 1.165) is 5.56 Å². The molecule has 0 radical (unpaired) electrons. The lowest BCUT2D eigenvalue weighted by Gasteiger charge is -2.26. The molecule has 0 N–H and O–H groups in total. The number of hydrogen-bond acceptors (Lipinski definition) is 3. The molecule has 5 nitrogen and oxygen atoms in total. The van der Waals surface area contributed by atoms with Crippen LogP contribution in [-0.4, -0.2) is 38.6 Å². The highest BCUT2D eigenvalue weighted by Gasteiger charge is 2.28. The maximum absolute atomic E-state index is 12.8. The lowest BCUT2D eigenvalue weighted by molar-refractivity contribution is 0.0742. The summed E-state index contributed by atoms with van der Waals surface area (Å²) in [6.45, 7) is 2.44. The van der Waals surface area contributed by atoms with Gasteiger partial charge in [-0.3, -0.25) is 9.10 Å². The van der Waals surface area contributed by atoms with E-state index in [1.54, 1.807) is 48.3 Å². The molecule has 138 valence electrons. The molecule has 1 aliphatic heterocycles. The number of amides is 1. The summed E-state index contributed by atoms with van der Waals surface area (Å²) in [5.41, 5.74) is 2.12. The van der Waals surface area contributed by atoms with Gasteiger partial charge in [0, 0.05) is 24.2 Å². The summed E-state index contributed by atoms with van der Waals surface area (Å²) in [5, 5.41) is 0.655. The van der Waals surface area contributed by atoms with Crippen LogP contribution in [0.3, 0.4) is 0 Å². The molecular weight excluding hydrogens is 372 g/mol. The van der Waals surface area contributed by atoms with Gasteiger partial charge in [-0.1, -0.05) is 23.7 Å². The predicted molar refractivity (Wildman–Crippen MR) is 104 cm³/mol. The molecule has 1 aliphatic rings. The molecule has 0 saturated carbocycles. The Morgan fingerprint density at radius 2 is 1.73 bits per heavy atom. The van der Waals surface area contributed by atoms with E-state index in [4.69, 9.17) is 11.6 Å². The van der Waals surface area contributed by atoms with Crippen LogP contribution in [0, 0.1) is 0 Å². The highest BCUT2D eigenvalue weighted by atomic mass is 35.5. The zero-order chi connectivity index (χ0) is 18.9. The van der Waals surface area contributed by atoms with Crippen molar-refractivity contribution in [1.82, 2.24) is 4.90 Å². The van der Waals surface area contributed by atoms with E-state index in [1.807, 2.05) is 19.1 Å². The lowest BCUT2D eigenvalue weighted by Crippen LogP contribution is -2.30. The smallest absolute Gasteiger partial charge is 0.254 e. The van der Waals surface area contributed by atoms with Crippen LogP contribution < -0.4 is 4.31 Å². The summed E-state index contributed by atoms with van der Waals surface area (Å²) in [7, 11) is -1.46. The van der Waals surface area contributed by atoms with Gasteiger partial charge in [-0.05, 0) is 55.3 Å². The van der Waals surface area contributed by atoms with Gasteiger partial charge in [0.05, 0.1) is 17.5 Å². The van der Waals surface area contributed by atoms with Crippen molar-refractivity contribution in [2.45, 2.75) is 19.4 Å². The van der Waals surface area contributed by atoms with Crippen molar-refractivity contribution < 1.29 is 13.2 Å². The Hall–Kier alpha value is -2.05. The first-order valence-electron chi connectivity index (χ1n) is 8.43. The van der Waals surface area contributed by atoms with Crippen LogP contribution in [0.15, 0.2) is 48.5 Å². The Morgan fingerprint density at radius 1 is 1.12 bits per heavy atom. The van der Waals surface area contributed by atoms with E-state index < -0.39 is 10.0 Å². The molecule has 2 aromatic rings. The number of carbonyl (C=O) groups excluding carboxylic acids is 1. The second-order valence-corrected chi connectivity index (χ2v) is 8.88. The van der Waals surface area contributed by atoms with Crippen molar-refractivity contribution in [2.75, 3.05) is 23.7 Å². The van der Waals surface area contributed by atoms with Crippen LogP contribution >= 0.6 is 11.6 Å². The third-order valence-electron chi connectivity index (χ3n) is 4.76. The van der Waals surface area contributed by atoms with Crippen molar-refractivity contribution in [1.29, 1.82) is 0 Å². The van der Waals surface area contributed by atoms with Crippen molar-refractivity contribution in [2.24, 2.45) is 0 Å². The van der Waals surface area contributed by atoms with E-state index in [0.29, 0.717) is 29.2 Å². The maximum atomic E-state index is 12.8. The van der Waals surface area contributed by atoms with Crippen molar-refractivity contribution in [3.8, 4) is 0 Å². The molecule has 1 fully saturated rings. The molecule has 1 amide bonds. The molecule has 1 heterocycles. The summed E-state index contributed by atoms with van der Waals surface area (Å²) < 4.78 is 25.4. The van der Waals surface area contributed by atoms with Crippen LogP contribution in [0.4, 0.5) is 5.69 Å². The van der Waals surface area contributed by atoms with E-state index in [-0.39, 0.29) is 17.7 Å². The molecule has 0 aromatic heterocycles. The number of nitrogens with zero attached hydrogens (tertiary/aromatic N) is 2. The molecule has 26 heavy (non-hydrogen) atoms. The van der Waals surface area contributed by atoms with Gasteiger partial charge in [0.15, 0.2) is 0 Å². The van der Waals surface area contributed by atoms with Gasteiger partial charge >= 0.3 is 0 Å². The van der Waals surface area contributed by atoms with E-state index in [1.165, 1.54) is 4.31 Å². The Kier molecular flexibility index (Phi) is 5.25. The van der Waals surface area contributed by atoms with E-state index in [9.17, 15) is 13.2 Å². The lowest BCUT2D eigenvalue weighted by atomic mass is 10.1. The van der Waals surface area contributed by atoms with Gasteiger partial charge in [0.25, 0.3) is 5.91 Å². The maximum Gasteiger partial charge on any atom is 0.254 e. The van der Waals surface area contributed by atoms with Gasteiger partial charge < -0.3 is 4.90 Å². The van der Waals surface area contributed by atoms with Crippen LogP contribution in [0.25, 0.3) is 0 Å². The molecule has 3 rings (SSSR count). The highest BCUT2D eigenvalue weighted by molar-refractivity contribution is 7.93. The fourth-order valence-electron chi connectivity index (χ4n) is 3.04. The normalized spacial score (nSPS) is 17.1. The predicted octanol–water partition coefficient (Wildman–Crippen LogP) is 3.71. The minimum Gasteiger partial charge on any atom is -0.335 e. The van der Waals surface area contributed by atoms with Gasteiger partial charge in [-0.2, -0.15) is 0 Å². The van der Waals surface area contributed by atoms with Crippen LogP contribution in [0.1, 0.15) is 35.3 Å². The Balaban J connectivity index is 1.76. The van der Waals surface area contributed by atoms with Gasteiger partial charge in [-0.25, -0.2) is 8.42 Å². The molecule has 7 heteroatoms. The Bertz CT molecular complexity index is 895. The van der Waals surface area contributed by atoms with Crippen molar-refractivity contribution in [3.05, 3.63) is 64.7 Å². The molecule has 1 atom stereocenters. The monoisotopic (exact) mass is 392 g/mol. The number of hydrogen-bond donors (Lipinski definition) is 0. The molecule has 1 unspecified atom stereocenters. The molecule has 0 bridgehead atoms. The SMILES string of the molecule is CC(c1ccc(Cl)cc1)N(C)C(=O)c1ccc(N2CCCS2(=O)=O)cc1. The Morgan fingerprint density at radius 3 is 2.27 bits per heavy atom. The summed E-state index contributed by atoms with van der Waals surface area (Å²) in [4.78, 5) is 14.4. The molecule has 0 aliphatic carbocycles. The zero-order valence-electron chi connectivity index (χ0n) is 14.7.